The smallest absolute Gasteiger partial charge is 0.496 e. The summed E-state index contributed by atoms with van der Waals surface area (Å²) in [6, 6.07) is 2.37. The van der Waals surface area contributed by atoms with Gasteiger partial charge in [0.1, 0.15) is 18.2 Å². The van der Waals surface area contributed by atoms with E-state index in [1.165, 1.54) is 13.2 Å². The van der Waals surface area contributed by atoms with Crippen molar-refractivity contribution in [2.75, 3.05) is 13.8 Å². The number of halogens is 4. The van der Waals surface area contributed by atoms with Gasteiger partial charge in [-0.25, -0.2) is 4.39 Å². The predicted octanol–water partition coefficient (Wildman–Crippen LogP) is 2.56. The Morgan fingerprint density at radius 1 is 1.35 bits per heavy atom. The molecule has 0 aromatic heterocycles. The van der Waals surface area contributed by atoms with Gasteiger partial charge >= 0.3 is 6.36 Å². The summed E-state index contributed by atoms with van der Waals surface area (Å²) in [5, 5.41) is 0. The topological polar surface area (TPSA) is 44.5 Å². The van der Waals surface area contributed by atoms with E-state index in [1.807, 2.05) is 0 Å². The molecule has 0 unspecified atom stereocenters. The second kappa shape index (κ2) is 5.22. The molecule has 2 N–H and O–H groups in total. The minimum atomic E-state index is -4.78. The highest BCUT2D eigenvalue weighted by Crippen LogP contribution is 2.31. The van der Waals surface area contributed by atoms with E-state index < -0.39 is 24.8 Å². The maximum atomic E-state index is 12.4. The normalized spacial score (nSPS) is 13.3. The average molecular weight is 253 g/mol. The monoisotopic (exact) mass is 253 g/mol. The molecule has 0 saturated carbocycles. The van der Waals surface area contributed by atoms with Gasteiger partial charge in [0.25, 0.3) is 0 Å². The third kappa shape index (κ3) is 3.77. The molecular formula is C10H11F4NO2. The fourth-order valence-corrected chi connectivity index (χ4v) is 1.28. The number of benzene rings is 1. The van der Waals surface area contributed by atoms with Gasteiger partial charge < -0.3 is 15.2 Å². The molecule has 0 heterocycles. The van der Waals surface area contributed by atoms with E-state index in [1.54, 1.807) is 0 Å². The number of methoxy groups -OCH3 is 1. The van der Waals surface area contributed by atoms with Crippen molar-refractivity contribution >= 4 is 0 Å². The Hall–Kier alpha value is -1.50. The Morgan fingerprint density at radius 3 is 2.47 bits per heavy atom. The standard InChI is InChI=1S/C10H11F4NO2/c1-16-9-4-6(17-10(12,13)14)2-3-7(9)8(15)5-11/h2-4,8H,5,15H2,1H3/t8-/m1/s1. The van der Waals surface area contributed by atoms with E-state index in [-0.39, 0.29) is 11.3 Å². The largest absolute Gasteiger partial charge is 0.573 e. The van der Waals surface area contributed by atoms with Crippen LogP contribution in [0, 0.1) is 0 Å². The minimum absolute atomic E-state index is 0.0527. The van der Waals surface area contributed by atoms with Crippen molar-refractivity contribution in [1.29, 1.82) is 0 Å². The molecule has 1 aromatic rings. The van der Waals surface area contributed by atoms with Crippen molar-refractivity contribution in [2.45, 2.75) is 12.4 Å². The van der Waals surface area contributed by atoms with Gasteiger partial charge in [-0.2, -0.15) is 0 Å². The van der Waals surface area contributed by atoms with Gasteiger partial charge in [-0.3, -0.25) is 0 Å². The van der Waals surface area contributed by atoms with Crippen LogP contribution in [0.15, 0.2) is 18.2 Å². The van der Waals surface area contributed by atoms with Gasteiger partial charge in [0.05, 0.1) is 13.2 Å². The van der Waals surface area contributed by atoms with E-state index >= 15 is 0 Å². The molecule has 1 atom stereocenters. The first-order valence-corrected chi connectivity index (χ1v) is 4.62. The third-order valence-electron chi connectivity index (χ3n) is 2.00. The molecule has 0 aliphatic carbocycles. The molecule has 96 valence electrons. The van der Waals surface area contributed by atoms with Crippen LogP contribution in [0.3, 0.4) is 0 Å². The van der Waals surface area contributed by atoms with Crippen LogP contribution in [0.2, 0.25) is 0 Å². The highest BCUT2D eigenvalue weighted by molar-refractivity contribution is 5.42. The predicted molar refractivity (Wildman–Crippen MR) is 52.6 cm³/mol. The first-order chi connectivity index (χ1) is 7.87. The number of rotatable bonds is 4. The fourth-order valence-electron chi connectivity index (χ4n) is 1.28. The van der Waals surface area contributed by atoms with Crippen LogP contribution in [-0.2, 0) is 0 Å². The van der Waals surface area contributed by atoms with E-state index in [0.717, 1.165) is 12.1 Å². The van der Waals surface area contributed by atoms with Crippen LogP contribution in [0.5, 0.6) is 11.5 Å². The van der Waals surface area contributed by atoms with Gasteiger partial charge in [0.2, 0.25) is 0 Å². The zero-order chi connectivity index (χ0) is 13.1. The number of ether oxygens (including phenoxy) is 2. The van der Waals surface area contributed by atoms with E-state index in [9.17, 15) is 17.6 Å². The maximum absolute atomic E-state index is 12.4. The Morgan fingerprint density at radius 2 is 2.00 bits per heavy atom. The van der Waals surface area contributed by atoms with Gasteiger partial charge in [-0.1, -0.05) is 0 Å². The van der Waals surface area contributed by atoms with Crippen molar-refractivity contribution in [2.24, 2.45) is 5.73 Å². The van der Waals surface area contributed by atoms with E-state index in [2.05, 4.69) is 4.74 Å². The lowest BCUT2D eigenvalue weighted by Crippen LogP contribution is -2.18. The quantitative estimate of drug-likeness (QED) is 0.839. The lowest BCUT2D eigenvalue weighted by Gasteiger charge is -2.15. The molecule has 0 bridgehead atoms. The Labute approximate surface area is 95.1 Å². The van der Waals surface area contributed by atoms with Crippen LogP contribution in [-0.4, -0.2) is 20.1 Å². The van der Waals surface area contributed by atoms with E-state index in [0.29, 0.717) is 0 Å². The van der Waals surface area contributed by atoms with Crippen molar-refractivity contribution in [3.05, 3.63) is 23.8 Å². The molecule has 7 heteroatoms. The number of nitrogens with two attached hydrogens (primary N) is 1. The number of hydrogen-bond acceptors (Lipinski definition) is 3. The summed E-state index contributed by atoms with van der Waals surface area (Å²) in [7, 11) is 1.25. The van der Waals surface area contributed by atoms with Gasteiger partial charge in [-0.15, -0.1) is 13.2 Å². The molecule has 1 rings (SSSR count). The molecule has 17 heavy (non-hydrogen) atoms. The Balaban J connectivity index is 3.00. The van der Waals surface area contributed by atoms with Crippen LogP contribution in [0.1, 0.15) is 11.6 Å². The summed E-state index contributed by atoms with van der Waals surface area (Å²) < 4.78 is 56.8. The fraction of sp³-hybridized carbons (Fsp3) is 0.400. The Kier molecular flexibility index (Phi) is 4.17. The summed E-state index contributed by atoms with van der Waals surface area (Å²) in [5.41, 5.74) is 5.71. The minimum Gasteiger partial charge on any atom is -0.496 e. The van der Waals surface area contributed by atoms with Crippen LogP contribution in [0.25, 0.3) is 0 Å². The highest BCUT2D eigenvalue weighted by atomic mass is 19.4. The third-order valence-corrected chi connectivity index (χ3v) is 2.00. The molecule has 1 aromatic carbocycles. The van der Waals surface area contributed by atoms with Crippen molar-refractivity contribution in [3.8, 4) is 11.5 Å². The summed E-state index contributed by atoms with van der Waals surface area (Å²) in [6.45, 7) is -0.837. The number of hydrogen-bond donors (Lipinski definition) is 1. The molecule has 0 radical (unpaired) electrons. The molecule has 0 fully saturated rings. The first-order valence-electron chi connectivity index (χ1n) is 4.62. The Bertz CT molecular complexity index is 381. The first kappa shape index (κ1) is 13.6. The summed E-state index contributed by atoms with van der Waals surface area (Å²) in [5.74, 6) is -0.388. The number of alkyl halides is 4. The lowest BCUT2D eigenvalue weighted by molar-refractivity contribution is -0.274. The molecule has 0 aliphatic heterocycles. The van der Waals surface area contributed by atoms with Crippen LogP contribution < -0.4 is 15.2 Å². The maximum Gasteiger partial charge on any atom is 0.573 e. The summed E-state index contributed by atoms with van der Waals surface area (Å²) in [6.07, 6.45) is -4.78. The second-order valence-electron chi connectivity index (χ2n) is 3.21. The van der Waals surface area contributed by atoms with Crippen LogP contribution in [0.4, 0.5) is 17.6 Å². The second-order valence-corrected chi connectivity index (χ2v) is 3.21. The molecule has 0 saturated heterocycles. The van der Waals surface area contributed by atoms with Crippen molar-refractivity contribution in [3.63, 3.8) is 0 Å². The molecule has 0 amide bonds. The lowest BCUT2D eigenvalue weighted by atomic mass is 10.1. The zero-order valence-electron chi connectivity index (χ0n) is 8.92. The molecule has 0 aliphatic rings. The van der Waals surface area contributed by atoms with Gasteiger partial charge in [0.15, 0.2) is 0 Å². The van der Waals surface area contributed by atoms with Crippen molar-refractivity contribution in [1.82, 2.24) is 0 Å². The van der Waals surface area contributed by atoms with Gasteiger partial charge in [0, 0.05) is 11.6 Å². The SMILES string of the molecule is COc1cc(OC(F)(F)F)ccc1[C@H](N)CF. The molecule has 0 spiro atoms. The molecular weight excluding hydrogens is 242 g/mol. The highest BCUT2D eigenvalue weighted by Gasteiger charge is 2.31. The molecule has 3 nitrogen and oxygen atoms in total. The summed E-state index contributed by atoms with van der Waals surface area (Å²) >= 11 is 0. The zero-order valence-corrected chi connectivity index (χ0v) is 8.92. The van der Waals surface area contributed by atoms with E-state index in [4.69, 9.17) is 10.5 Å². The van der Waals surface area contributed by atoms with Crippen molar-refractivity contribution < 1.29 is 27.0 Å². The average Bonchev–Trinajstić information content (AvgIpc) is 2.25. The van der Waals surface area contributed by atoms with Crippen LogP contribution >= 0.6 is 0 Å². The summed E-state index contributed by atoms with van der Waals surface area (Å²) in [4.78, 5) is 0. The van der Waals surface area contributed by atoms with Gasteiger partial charge in [-0.05, 0) is 12.1 Å².